The molecule has 0 saturated heterocycles. The van der Waals surface area contributed by atoms with Crippen molar-refractivity contribution in [3.05, 3.63) is 101 Å². The van der Waals surface area contributed by atoms with Gasteiger partial charge < -0.3 is 4.90 Å². The maximum absolute atomic E-state index is 4.28. The second-order valence-corrected chi connectivity index (χ2v) is 7.60. The van der Waals surface area contributed by atoms with E-state index in [0.29, 0.717) is 0 Å². The molecule has 2 aromatic carbocycles. The van der Waals surface area contributed by atoms with E-state index >= 15 is 0 Å². The van der Waals surface area contributed by atoms with Crippen molar-refractivity contribution >= 4 is 5.57 Å². The fourth-order valence-electron chi connectivity index (χ4n) is 3.30. The molecule has 0 N–H and O–H groups in total. The molecule has 156 valence electrons. The molecule has 0 saturated carbocycles. The van der Waals surface area contributed by atoms with Gasteiger partial charge in [-0.05, 0) is 67.0 Å². The van der Waals surface area contributed by atoms with Crippen molar-refractivity contribution in [2.75, 3.05) is 13.6 Å². The number of allylic oxidation sites excluding steroid dienone is 3. The molecule has 0 aliphatic rings. The number of hydrogen-bond donors (Lipinski definition) is 0. The van der Waals surface area contributed by atoms with Crippen molar-refractivity contribution in [1.29, 1.82) is 0 Å². The topological polar surface area (TPSA) is 3.24 Å². The van der Waals surface area contributed by atoms with Crippen LogP contribution in [0.1, 0.15) is 56.4 Å². The van der Waals surface area contributed by atoms with Gasteiger partial charge in [0.2, 0.25) is 0 Å². The second-order valence-electron chi connectivity index (χ2n) is 7.60. The zero-order valence-corrected chi connectivity index (χ0v) is 19.4. The zero-order valence-electron chi connectivity index (χ0n) is 19.4. The molecule has 2 aromatic rings. The quantitative estimate of drug-likeness (QED) is 0.420. The molecule has 0 unspecified atom stereocenters. The predicted octanol–water partition coefficient (Wildman–Crippen LogP) is 7.62. The molecule has 0 fully saturated rings. The maximum atomic E-state index is 4.28. The highest BCUT2D eigenvalue weighted by Crippen LogP contribution is 2.23. The van der Waals surface area contributed by atoms with E-state index in [4.69, 9.17) is 0 Å². The maximum Gasteiger partial charge on any atom is 0.0393 e. The van der Waals surface area contributed by atoms with Gasteiger partial charge >= 0.3 is 0 Å². The summed E-state index contributed by atoms with van der Waals surface area (Å²) in [6, 6.07) is 17.0. The van der Waals surface area contributed by atoms with E-state index in [1.54, 1.807) is 0 Å². The van der Waals surface area contributed by atoms with Crippen molar-refractivity contribution in [1.82, 2.24) is 4.90 Å². The third kappa shape index (κ3) is 8.15. The highest BCUT2D eigenvalue weighted by atomic mass is 15.1. The number of nitrogens with zero attached hydrogens (tertiary/aromatic N) is 1. The summed E-state index contributed by atoms with van der Waals surface area (Å²) in [5.41, 5.74) is 8.69. The lowest BCUT2D eigenvalue weighted by Gasteiger charge is -2.23. The van der Waals surface area contributed by atoms with Crippen molar-refractivity contribution in [2.24, 2.45) is 0 Å². The molecule has 0 radical (unpaired) electrons. The molecular weight excluding hydrogens is 350 g/mol. The summed E-state index contributed by atoms with van der Waals surface area (Å²) in [6.45, 7) is 20.2. The van der Waals surface area contributed by atoms with Gasteiger partial charge in [0.15, 0.2) is 0 Å². The molecule has 0 heterocycles. The number of aryl methyl sites for hydroxylation is 3. The van der Waals surface area contributed by atoms with E-state index in [1.165, 1.54) is 28.0 Å². The van der Waals surface area contributed by atoms with E-state index < -0.39 is 0 Å². The van der Waals surface area contributed by atoms with Gasteiger partial charge in [-0.1, -0.05) is 88.0 Å². The zero-order chi connectivity index (χ0) is 21.8. The largest absolute Gasteiger partial charge is 0.374 e. The molecule has 29 heavy (non-hydrogen) atoms. The molecule has 0 amide bonds. The minimum absolute atomic E-state index is 1.03. The van der Waals surface area contributed by atoms with E-state index in [1.807, 2.05) is 18.2 Å². The van der Waals surface area contributed by atoms with Crippen molar-refractivity contribution < 1.29 is 0 Å². The van der Waals surface area contributed by atoms with Crippen molar-refractivity contribution in [2.45, 2.75) is 53.9 Å². The Balaban J connectivity index is 0.000000502. The van der Waals surface area contributed by atoms with Crippen LogP contribution < -0.4 is 0 Å². The Morgan fingerprint density at radius 1 is 0.931 bits per heavy atom. The molecule has 1 heteroatoms. The van der Waals surface area contributed by atoms with Crippen LogP contribution in [0.5, 0.6) is 0 Å². The summed E-state index contributed by atoms with van der Waals surface area (Å²) < 4.78 is 0. The lowest BCUT2D eigenvalue weighted by Crippen LogP contribution is -2.19. The Bertz CT molecular complexity index is 811. The van der Waals surface area contributed by atoms with Gasteiger partial charge in [0.25, 0.3) is 0 Å². The van der Waals surface area contributed by atoms with Gasteiger partial charge in [0, 0.05) is 19.3 Å². The SMILES string of the molecule is C=C(C)/C(=C/C(=C)c1ccc(CC)c(CC)c1)N(C)CCC.Cc1ccccc1. The Morgan fingerprint density at radius 2 is 1.55 bits per heavy atom. The Kier molecular flexibility index (Phi) is 10.8. The fraction of sp³-hybridized carbons (Fsp3) is 0.357. The van der Waals surface area contributed by atoms with Crippen LogP contribution in [0.25, 0.3) is 5.57 Å². The van der Waals surface area contributed by atoms with Crippen LogP contribution in [-0.4, -0.2) is 18.5 Å². The smallest absolute Gasteiger partial charge is 0.0393 e. The molecule has 0 aliphatic heterocycles. The molecule has 0 aromatic heterocycles. The van der Waals surface area contributed by atoms with Gasteiger partial charge in [-0.3, -0.25) is 0 Å². The second kappa shape index (κ2) is 12.8. The van der Waals surface area contributed by atoms with Crippen LogP contribution in [0, 0.1) is 6.92 Å². The van der Waals surface area contributed by atoms with Crippen LogP contribution in [0.4, 0.5) is 0 Å². The normalized spacial score (nSPS) is 10.8. The molecule has 0 spiro atoms. The third-order valence-electron chi connectivity index (χ3n) is 5.00. The average molecular weight is 390 g/mol. The number of rotatable bonds is 8. The van der Waals surface area contributed by atoms with Crippen LogP contribution in [-0.2, 0) is 12.8 Å². The summed E-state index contributed by atoms with van der Waals surface area (Å²) in [6.07, 6.45) is 5.44. The molecule has 0 bridgehead atoms. The van der Waals surface area contributed by atoms with E-state index in [0.717, 1.165) is 37.0 Å². The number of hydrogen-bond acceptors (Lipinski definition) is 1. The van der Waals surface area contributed by atoms with Crippen LogP contribution in [0.15, 0.2) is 79.0 Å². The monoisotopic (exact) mass is 389 g/mol. The minimum Gasteiger partial charge on any atom is -0.374 e. The van der Waals surface area contributed by atoms with Crippen molar-refractivity contribution in [3.8, 4) is 0 Å². The molecular formula is C28H39N. The molecule has 0 aliphatic carbocycles. The standard InChI is InChI=1S/C21H31N.C7H8/c1-8-13-22(7)21(16(4)5)14-17(6)20-12-11-18(9-2)19(10-3)15-20;1-7-5-3-2-4-6-7/h11-12,14-15H,4,6,8-10,13H2,1-3,5,7H3;2-6H,1H3/b21-14-;. The summed E-state index contributed by atoms with van der Waals surface area (Å²) in [5.74, 6) is 0. The van der Waals surface area contributed by atoms with Crippen LogP contribution in [0.2, 0.25) is 0 Å². The van der Waals surface area contributed by atoms with Gasteiger partial charge in [0.05, 0.1) is 0 Å². The van der Waals surface area contributed by atoms with Gasteiger partial charge in [-0.25, -0.2) is 0 Å². The lowest BCUT2D eigenvalue weighted by molar-refractivity contribution is 0.424. The first-order valence-electron chi connectivity index (χ1n) is 10.7. The Morgan fingerprint density at radius 3 is 2.00 bits per heavy atom. The molecule has 0 atom stereocenters. The summed E-state index contributed by atoms with van der Waals surface area (Å²) >= 11 is 0. The van der Waals surface area contributed by atoms with Gasteiger partial charge in [0.1, 0.15) is 0 Å². The number of likely N-dealkylation sites (N-methyl/N-ethyl adjacent to an activating group) is 1. The van der Waals surface area contributed by atoms with E-state index in [-0.39, 0.29) is 0 Å². The van der Waals surface area contributed by atoms with Gasteiger partial charge in [-0.15, -0.1) is 0 Å². The highest BCUT2D eigenvalue weighted by Gasteiger charge is 2.08. The van der Waals surface area contributed by atoms with E-state index in [9.17, 15) is 0 Å². The average Bonchev–Trinajstić information content (AvgIpc) is 2.72. The summed E-state index contributed by atoms with van der Waals surface area (Å²) in [5, 5.41) is 0. The van der Waals surface area contributed by atoms with Crippen LogP contribution in [0.3, 0.4) is 0 Å². The first-order valence-corrected chi connectivity index (χ1v) is 10.7. The third-order valence-corrected chi connectivity index (χ3v) is 5.00. The number of benzene rings is 2. The fourth-order valence-corrected chi connectivity index (χ4v) is 3.30. The predicted molar refractivity (Wildman–Crippen MR) is 131 cm³/mol. The minimum atomic E-state index is 1.03. The van der Waals surface area contributed by atoms with E-state index in [2.05, 4.69) is 96.1 Å². The first kappa shape index (κ1) is 24.5. The van der Waals surface area contributed by atoms with Gasteiger partial charge in [-0.2, -0.15) is 0 Å². The van der Waals surface area contributed by atoms with Crippen LogP contribution >= 0.6 is 0 Å². The molecule has 1 nitrogen and oxygen atoms in total. The Hall–Kier alpha value is -2.54. The lowest BCUT2D eigenvalue weighted by atomic mass is 9.96. The Labute approximate surface area is 179 Å². The summed E-state index contributed by atoms with van der Waals surface area (Å²) in [4.78, 5) is 2.26. The summed E-state index contributed by atoms with van der Waals surface area (Å²) in [7, 11) is 2.12. The first-order chi connectivity index (χ1) is 13.8. The molecule has 2 rings (SSSR count). The highest BCUT2D eigenvalue weighted by molar-refractivity contribution is 5.74. The van der Waals surface area contributed by atoms with Crippen molar-refractivity contribution in [3.63, 3.8) is 0 Å².